The first kappa shape index (κ1) is 24.7. The fraction of sp³-hybridized carbons (Fsp3) is 0.357. The standard InChI is InChI=1S/C28H31ClFN5O/c1-16-7-5-6-8-18(16)10-21(36)9-17(2)24-23(29)11-22-26(19-12-31-13-19)32-28(33-27(22)25(24)30)35-14-20(15-35)34(3)4/h5-11,19-20,31,36H,12-15H2,1-4H3/b17-9+,21-10+. The third-order valence-corrected chi connectivity index (χ3v) is 7.49. The number of aliphatic hydroxyl groups is 1. The molecule has 3 aromatic rings. The number of aromatic nitrogens is 2. The van der Waals surface area contributed by atoms with Gasteiger partial charge in [0, 0.05) is 49.1 Å². The van der Waals surface area contributed by atoms with E-state index in [1.165, 1.54) is 0 Å². The van der Waals surface area contributed by atoms with Crippen molar-refractivity contribution in [1.82, 2.24) is 20.2 Å². The largest absolute Gasteiger partial charge is 0.508 e. The van der Waals surface area contributed by atoms with Gasteiger partial charge in [0.2, 0.25) is 5.95 Å². The lowest BCUT2D eigenvalue weighted by Crippen LogP contribution is -2.58. The molecule has 3 heterocycles. The SMILES string of the molecule is C/C(=C\C(O)=C/c1ccccc1C)c1c(Cl)cc2c(C3CNC3)nc(N3CC(N(C)C)C3)nc2c1F. The molecule has 2 aliphatic rings. The van der Waals surface area contributed by atoms with E-state index >= 15 is 4.39 Å². The van der Waals surface area contributed by atoms with Crippen molar-refractivity contribution in [3.63, 3.8) is 0 Å². The summed E-state index contributed by atoms with van der Waals surface area (Å²) in [6, 6.07) is 9.95. The van der Waals surface area contributed by atoms with Crippen LogP contribution in [0.25, 0.3) is 22.6 Å². The number of aliphatic hydroxyl groups excluding tert-OH is 1. The molecular weight excluding hydrogens is 477 g/mol. The van der Waals surface area contributed by atoms with E-state index in [2.05, 4.69) is 34.2 Å². The van der Waals surface area contributed by atoms with Crippen LogP contribution in [0.4, 0.5) is 10.3 Å². The van der Waals surface area contributed by atoms with E-state index in [0.717, 1.165) is 43.0 Å². The van der Waals surface area contributed by atoms with Gasteiger partial charge in [-0.1, -0.05) is 35.9 Å². The van der Waals surface area contributed by atoms with Crippen LogP contribution in [0.15, 0.2) is 42.2 Å². The van der Waals surface area contributed by atoms with Crippen LogP contribution in [0.1, 0.15) is 35.2 Å². The Morgan fingerprint density at radius 1 is 1.22 bits per heavy atom. The minimum atomic E-state index is -0.489. The number of likely N-dealkylation sites (N-methyl/N-ethyl adjacent to an activating group) is 1. The van der Waals surface area contributed by atoms with Gasteiger partial charge in [0.15, 0.2) is 5.82 Å². The molecule has 2 aliphatic heterocycles. The molecule has 0 bridgehead atoms. The molecule has 0 atom stereocenters. The third-order valence-electron chi connectivity index (χ3n) is 7.19. The van der Waals surface area contributed by atoms with Crippen molar-refractivity contribution < 1.29 is 9.50 Å². The molecule has 188 valence electrons. The van der Waals surface area contributed by atoms with Crippen LogP contribution in [-0.4, -0.2) is 66.3 Å². The predicted octanol–water partition coefficient (Wildman–Crippen LogP) is 5.17. The van der Waals surface area contributed by atoms with Crippen LogP contribution in [0.2, 0.25) is 5.02 Å². The van der Waals surface area contributed by atoms with Crippen LogP contribution in [0.5, 0.6) is 0 Å². The minimum Gasteiger partial charge on any atom is -0.508 e. The van der Waals surface area contributed by atoms with Gasteiger partial charge >= 0.3 is 0 Å². The Labute approximate surface area is 216 Å². The van der Waals surface area contributed by atoms with Crippen molar-refractivity contribution in [2.24, 2.45) is 0 Å². The number of hydrogen-bond donors (Lipinski definition) is 2. The maximum Gasteiger partial charge on any atom is 0.226 e. The van der Waals surface area contributed by atoms with Crippen LogP contribution < -0.4 is 10.2 Å². The van der Waals surface area contributed by atoms with Gasteiger partial charge in [0.1, 0.15) is 11.3 Å². The fourth-order valence-corrected chi connectivity index (χ4v) is 5.03. The highest BCUT2D eigenvalue weighted by atomic mass is 35.5. The van der Waals surface area contributed by atoms with Crippen LogP contribution in [-0.2, 0) is 0 Å². The summed E-state index contributed by atoms with van der Waals surface area (Å²) in [6.07, 6.45) is 3.21. The predicted molar refractivity (Wildman–Crippen MR) is 145 cm³/mol. The Bertz CT molecular complexity index is 1380. The summed E-state index contributed by atoms with van der Waals surface area (Å²) in [5.74, 6) is 0.284. The highest BCUT2D eigenvalue weighted by Gasteiger charge is 2.33. The molecule has 1 aromatic heterocycles. The van der Waals surface area contributed by atoms with Gasteiger partial charge in [0.05, 0.1) is 10.7 Å². The summed E-state index contributed by atoms with van der Waals surface area (Å²) in [4.78, 5) is 13.8. The van der Waals surface area contributed by atoms with E-state index in [1.54, 1.807) is 25.1 Å². The molecule has 8 heteroatoms. The normalized spacial score (nSPS) is 17.6. The van der Waals surface area contributed by atoms with Gasteiger partial charge < -0.3 is 20.2 Å². The fourth-order valence-electron chi connectivity index (χ4n) is 4.69. The average Bonchev–Trinajstić information content (AvgIpc) is 2.73. The second-order valence-electron chi connectivity index (χ2n) is 9.98. The molecule has 0 aliphatic carbocycles. The summed E-state index contributed by atoms with van der Waals surface area (Å²) in [5.41, 5.74) is 3.79. The molecule has 2 fully saturated rings. The summed E-state index contributed by atoms with van der Waals surface area (Å²) in [6.45, 7) is 6.92. The zero-order valence-electron chi connectivity index (χ0n) is 21.0. The number of hydrogen-bond acceptors (Lipinski definition) is 6. The first-order chi connectivity index (χ1) is 17.2. The quantitative estimate of drug-likeness (QED) is 0.354. The zero-order valence-corrected chi connectivity index (χ0v) is 21.8. The number of allylic oxidation sites excluding steroid dienone is 2. The number of fused-ring (bicyclic) bond motifs is 1. The molecule has 36 heavy (non-hydrogen) atoms. The third kappa shape index (κ3) is 4.59. The number of rotatable bonds is 6. The Morgan fingerprint density at radius 2 is 1.94 bits per heavy atom. The number of halogens is 2. The molecule has 2 N–H and O–H groups in total. The number of anilines is 1. The van der Waals surface area contributed by atoms with Gasteiger partial charge in [-0.25, -0.2) is 14.4 Å². The van der Waals surface area contributed by atoms with Gasteiger partial charge in [-0.3, -0.25) is 0 Å². The molecule has 2 aromatic carbocycles. The summed E-state index contributed by atoms with van der Waals surface area (Å²) < 4.78 is 16.1. The second-order valence-corrected chi connectivity index (χ2v) is 10.4. The lowest BCUT2D eigenvalue weighted by molar-refractivity contribution is 0.245. The highest BCUT2D eigenvalue weighted by Crippen LogP contribution is 2.37. The van der Waals surface area contributed by atoms with Gasteiger partial charge in [0.25, 0.3) is 0 Å². The lowest BCUT2D eigenvalue weighted by atomic mass is 9.93. The monoisotopic (exact) mass is 507 g/mol. The molecule has 5 rings (SSSR count). The lowest BCUT2D eigenvalue weighted by Gasteiger charge is -2.43. The van der Waals surface area contributed by atoms with Crippen molar-refractivity contribution in [3.8, 4) is 0 Å². The average molecular weight is 508 g/mol. The van der Waals surface area contributed by atoms with Crippen molar-refractivity contribution >= 4 is 40.1 Å². The molecule has 0 unspecified atom stereocenters. The molecule has 0 amide bonds. The molecule has 0 radical (unpaired) electrons. The Balaban J connectivity index is 1.57. The summed E-state index contributed by atoms with van der Waals surface area (Å²) in [7, 11) is 4.11. The van der Waals surface area contributed by atoms with E-state index in [-0.39, 0.29) is 27.8 Å². The van der Waals surface area contributed by atoms with Crippen molar-refractivity contribution in [1.29, 1.82) is 0 Å². The van der Waals surface area contributed by atoms with Crippen LogP contribution in [0, 0.1) is 12.7 Å². The number of aryl methyl sites for hydroxylation is 1. The van der Waals surface area contributed by atoms with E-state index in [1.807, 2.05) is 31.2 Å². The number of nitrogens with zero attached hydrogens (tertiary/aromatic N) is 4. The van der Waals surface area contributed by atoms with Gasteiger partial charge in [-0.05, 0) is 62.9 Å². The van der Waals surface area contributed by atoms with Gasteiger partial charge in [-0.15, -0.1) is 0 Å². The number of benzene rings is 2. The van der Waals surface area contributed by atoms with E-state index in [0.29, 0.717) is 22.9 Å². The highest BCUT2D eigenvalue weighted by molar-refractivity contribution is 6.33. The first-order valence-corrected chi connectivity index (χ1v) is 12.6. The van der Waals surface area contributed by atoms with Gasteiger partial charge in [-0.2, -0.15) is 0 Å². The minimum absolute atomic E-state index is 0.0253. The smallest absolute Gasteiger partial charge is 0.226 e. The first-order valence-electron chi connectivity index (χ1n) is 12.2. The van der Waals surface area contributed by atoms with E-state index in [9.17, 15) is 5.11 Å². The molecule has 0 saturated carbocycles. The van der Waals surface area contributed by atoms with Crippen molar-refractivity contribution in [2.45, 2.75) is 25.8 Å². The molecule has 6 nitrogen and oxygen atoms in total. The maximum atomic E-state index is 16.1. The van der Waals surface area contributed by atoms with E-state index in [4.69, 9.17) is 16.6 Å². The Morgan fingerprint density at radius 3 is 2.58 bits per heavy atom. The second kappa shape index (κ2) is 9.81. The topological polar surface area (TPSA) is 64.5 Å². The van der Waals surface area contributed by atoms with Crippen LogP contribution >= 0.6 is 11.6 Å². The zero-order chi connectivity index (χ0) is 25.6. The molecular formula is C28H31ClFN5O. The summed E-state index contributed by atoms with van der Waals surface area (Å²) in [5, 5.41) is 14.8. The molecule has 0 spiro atoms. The molecule has 2 saturated heterocycles. The summed E-state index contributed by atoms with van der Waals surface area (Å²) >= 11 is 6.64. The van der Waals surface area contributed by atoms with Crippen LogP contribution in [0.3, 0.4) is 0 Å². The Kier molecular flexibility index (Phi) is 6.72. The number of nitrogens with one attached hydrogen (secondary N) is 1. The Hall–Kier alpha value is -3.00. The van der Waals surface area contributed by atoms with Crippen molar-refractivity contribution in [2.75, 3.05) is 45.2 Å². The maximum absolute atomic E-state index is 16.1. The van der Waals surface area contributed by atoms with E-state index < -0.39 is 5.82 Å². The van der Waals surface area contributed by atoms with Crippen molar-refractivity contribution in [3.05, 3.63) is 75.4 Å².